The third-order valence-electron chi connectivity index (χ3n) is 1.92. The van der Waals surface area contributed by atoms with Crippen LogP contribution in [0.1, 0.15) is 31.9 Å². The number of hydrogen-bond acceptors (Lipinski definition) is 3. The molecule has 1 atom stereocenters. The molecule has 1 aromatic rings. The summed E-state index contributed by atoms with van der Waals surface area (Å²) in [6.45, 7) is 4.10. The number of aromatic nitrogens is 2. The van der Waals surface area contributed by atoms with E-state index in [4.69, 9.17) is 11.0 Å². The van der Waals surface area contributed by atoms with E-state index in [1.807, 2.05) is 13.0 Å². The van der Waals surface area contributed by atoms with Crippen molar-refractivity contribution in [1.82, 2.24) is 9.78 Å². The number of nitrogens with zero attached hydrogens (tertiary/aromatic N) is 3. The van der Waals surface area contributed by atoms with Crippen LogP contribution >= 0.6 is 0 Å². The molecule has 0 bridgehead atoms. The lowest BCUT2D eigenvalue weighted by Gasteiger charge is -2.07. The molecule has 1 aromatic heterocycles. The average Bonchev–Trinajstić information content (AvgIpc) is 2.45. The van der Waals surface area contributed by atoms with E-state index in [0.29, 0.717) is 17.4 Å². The molecule has 0 spiro atoms. The van der Waals surface area contributed by atoms with Crippen molar-refractivity contribution in [2.24, 2.45) is 0 Å². The highest BCUT2D eigenvalue weighted by molar-refractivity contribution is 5.46. The second-order valence-corrected chi connectivity index (χ2v) is 2.78. The minimum atomic E-state index is 0.300. The lowest BCUT2D eigenvalue weighted by Crippen LogP contribution is -2.04. The Balaban J connectivity index is 2.98. The van der Waals surface area contributed by atoms with Crippen LogP contribution < -0.4 is 5.73 Å². The molecule has 0 aromatic carbocycles. The van der Waals surface area contributed by atoms with E-state index in [2.05, 4.69) is 12.0 Å². The lowest BCUT2D eigenvalue weighted by atomic mass is 10.3. The molecule has 4 nitrogen and oxygen atoms in total. The number of nitrogen functional groups attached to an aromatic ring is 1. The smallest absolute Gasteiger partial charge is 0.163 e. The first-order chi connectivity index (χ1) is 5.69. The van der Waals surface area contributed by atoms with Crippen molar-refractivity contribution < 1.29 is 0 Å². The van der Waals surface area contributed by atoms with Gasteiger partial charge in [-0.1, -0.05) is 6.92 Å². The van der Waals surface area contributed by atoms with Crippen molar-refractivity contribution in [2.45, 2.75) is 26.3 Å². The largest absolute Gasteiger partial charge is 0.381 e. The predicted molar refractivity (Wildman–Crippen MR) is 46.4 cm³/mol. The number of nitriles is 1. The van der Waals surface area contributed by atoms with Gasteiger partial charge in [-0.05, 0) is 13.3 Å². The summed E-state index contributed by atoms with van der Waals surface area (Å²) in [4.78, 5) is 0. The molecule has 0 saturated carbocycles. The standard InChI is InChI=1S/C8H12N4/c1-3-6(2)12-5-7(4-9)8(10)11-12/h5-6H,3H2,1-2H3,(H2,10,11). The van der Waals surface area contributed by atoms with Crippen molar-refractivity contribution in [3.8, 4) is 6.07 Å². The predicted octanol–water partition coefficient (Wildman–Crippen LogP) is 1.31. The third kappa shape index (κ3) is 1.40. The zero-order chi connectivity index (χ0) is 9.14. The van der Waals surface area contributed by atoms with Gasteiger partial charge < -0.3 is 5.73 Å². The summed E-state index contributed by atoms with van der Waals surface area (Å²) in [7, 11) is 0. The van der Waals surface area contributed by atoms with Crippen LogP contribution in [0.3, 0.4) is 0 Å². The number of rotatable bonds is 2. The summed E-state index contributed by atoms with van der Waals surface area (Å²) in [6, 6.07) is 2.29. The van der Waals surface area contributed by atoms with Gasteiger partial charge in [0.05, 0.1) is 0 Å². The highest BCUT2D eigenvalue weighted by Crippen LogP contribution is 2.13. The van der Waals surface area contributed by atoms with Gasteiger partial charge in [0, 0.05) is 12.2 Å². The Morgan fingerprint density at radius 3 is 2.92 bits per heavy atom. The van der Waals surface area contributed by atoms with Gasteiger partial charge in [-0.15, -0.1) is 0 Å². The Hall–Kier alpha value is -1.50. The molecule has 1 heterocycles. The summed E-state index contributed by atoms with van der Waals surface area (Å²) in [5.41, 5.74) is 5.94. The first kappa shape index (κ1) is 8.60. The Morgan fingerprint density at radius 1 is 1.83 bits per heavy atom. The van der Waals surface area contributed by atoms with Gasteiger partial charge in [0.1, 0.15) is 11.6 Å². The highest BCUT2D eigenvalue weighted by Gasteiger charge is 2.07. The van der Waals surface area contributed by atoms with Gasteiger partial charge in [-0.2, -0.15) is 10.4 Å². The summed E-state index contributed by atoms with van der Waals surface area (Å²) >= 11 is 0. The molecule has 0 amide bonds. The average molecular weight is 164 g/mol. The fourth-order valence-corrected chi connectivity index (χ4v) is 0.905. The normalized spacial score (nSPS) is 12.4. The fraction of sp³-hybridized carbons (Fsp3) is 0.500. The minimum Gasteiger partial charge on any atom is -0.381 e. The Labute approximate surface area is 71.6 Å². The molecule has 0 saturated heterocycles. The fourth-order valence-electron chi connectivity index (χ4n) is 0.905. The van der Waals surface area contributed by atoms with Gasteiger partial charge >= 0.3 is 0 Å². The zero-order valence-corrected chi connectivity index (χ0v) is 7.28. The van der Waals surface area contributed by atoms with Gasteiger partial charge in [-0.25, -0.2) is 0 Å². The Bertz CT molecular complexity index is 307. The second-order valence-electron chi connectivity index (χ2n) is 2.78. The van der Waals surface area contributed by atoms with Gasteiger partial charge in [0.2, 0.25) is 0 Å². The summed E-state index contributed by atoms with van der Waals surface area (Å²) in [6.07, 6.45) is 2.66. The van der Waals surface area contributed by atoms with Crippen LogP contribution in [-0.4, -0.2) is 9.78 Å². The van der Waals surface area contributed by atoms with E-state index in [9.17, 15) is 0 Å². The summed E-state index contributed by atoms with van der Waals surface area (Å²) in [5.74, 6) is 0.317. The zero-order valence-electron chi connectivity index (χ0n) is 7.28. The van der Waals surface area contributed by atoms with E-state index >= 15 is 0 Å². The van der Waals surface area contributed by atoms with Crippen molar-refractivity contribution >= 4 is 5.82 Å². The lowest BCUT2D eigenvalue weighted by molar-refractivity contribution is 0.479. The van der Waals surface area contributed by atoms with Crippen LogP contribution in [0.2, 0.25) is 0 Å². The second kappa shape index (κ2) is 3.26. The van der Waals surface area contributed by atoms with Crippen molar-refractivity contribution in [3.05, 3.63) is 11.8 Å². The number of hydrogen-bond donors (Lipinski definition) is 1. The first-order valence-electron chi connectivity index (χ1n) is 3.93. The number of nitrogens with two attached hydrogens (primary N) is 1. The molecule has 12 heavy (non-hydrogen) atoms. The van der Waals surface area contributed by atoms with Crippen LogP contribution in [0.15, 0.2) is 6.20 Å². The van der Waals surface area contributed by atoms with E-state index in [-0.39, 0.29) is 0 Å². The van der Waals surface area contributed by atoms with E-state index in [0.717, 1.165) is 6.42 Å². The Morgan fingerprint density at radius 2 is 2.50 bits per heavy atom. The monoisotopic (exact) mass is 164 g/mol. The van der Waals surface area contributed by atoms with Crippen molar-refractivity contribution in [2.75, 3.05) is 5.73 Å². The van der Waals surface area contributed by atoms with Crippen LogP contribution in [-0.2, 0) is 0 Å². The first-order valence-corrected chi connectivity index (χ1v) is 3.93. The summed E-state index contributed by atoms with van der Waals surface area (Å²) < 4.78 is 1.73. The SMILES string of the molecule is CCC(C)n1cc(C#N)c(N)n1. The molecule has 1 rings (SSSR count). The molecule has 1 unspecified atom stereocenters. The van der Waals surface area contributed by atoms with E-state index in [1.54, 1.807) is 10.9 Å². The number of anilines is 1. The molecule has 0 aliphatic carbocycles. The van der Waals surface area contributed by atoms with Crippen molar-refractivity contribution in [3.63, 3.8) is 0 Å². The van der Waals surface area contributed by atoms with Crippen LogP contribution in [0.4, 0.5) is 5.82 Å². The third-order valence-corrected chi connectivity index (χ3v) is 1.92. The van der Waals surface area contributed by atoms with Crippen LogP contribution in [0.25, 0.3) is 0 Å². The molecule has 0 aliphatic heterocycles. The summed E-state index contributed by atoms with van der Waals surface area (Å²) in [5, 5.41) is 12.6. The molecular formula is C8H12N4. The topological polar surface area (TPSA) is 67.6 Å². The maximum absolute atomic E-state index is 8.60. The maximum atomic E-state index is 8.60. The van der Waals surface area contributed by atoms with Gasteiger partial charge in [0.25, 0.3) is 0 Å². The molecule has 4 heteroatoms. The van der Waals surface area contributed by atoms with Crippen LogP contribution in [0, 0.1) is 11.3 Å². The molecule has 0 radical (unpaired) electrons. The van der Waals surface area contributed by atoms with Crippen LogP contribution in [0.5, 0.6) is 0 Å². The molecule has 64 valence electrons. The van der Waals surface area contributed by atoms with Crippen molar-refractivity contribution in [1.29, 1.82) is 5.26 Å². The molecule has 0 aliphatic rings. The van der Waals surface area contributed by atoms with Gasteiger partial charge in [-0.3, -0.25) is 4.68 Å². The van der Waals surface area contributed by atoms with E-state index < -0.39 is 0 Å². The molecule has 0 fully saturated rings. The Kier molecular flexibility index (Phi) is 2.34. The highest BCUT2D eigenvalue weighted by atomic mass is 15.3. The molecular weight excluding hydrogens is 152 g/mol. The molecule has 2 N–H and O–H groups in total. The van der Waals surface area contributed by atoms with E-state index in [1.165, 1.54) is 0 Å². The maximum Gasteiger partial charge on any atom is 0.163 e. The minimum absolute atomic E-state index is 0.300. The van der Waals surface area contributed by atoms with Gasteiger partial charge in [0.15, 0.2) is 5.82 Å². The quantitative estimate of drug-likeness (QED) is 0.716.